The summed E-state index contributed by atoms with van der Waals surface area (Å²) < 4.78 is 4.50. The molecule has 1 heterocycles. The van der Waals surface area contributed by atoms with Gasteiger partial charge in [0.2, 0.25) is 0 Å². The summed E-state index contributed by atoms with van der Waals surface area (Å²) in [5, 5.41) is 0. The fraction of sp³-hybridized carbons (Fsp3) is 0.133. The fourth-order valence-corrected chi connectivity index (χ4v) is 1.68. The maximum absolute atomic E-state index is 12.0. The van der Waals surface area contributed by atoms with E-state index in [-0.39, 0.29) is 5.91 Å². The van der Waals surface area contributed by atoms with Crippen molar-refractivity contribution in [3.63, 3.8) is 0 Å². The van der Waals surface area contributed by atoms with Gasteiger partial charge in [-0.3, -0.25) is 9.69 Å². The molecule has 0 saturated carbocycles. The van der Waals surface area contributed by atoms with Crippen molar-refractivity contribution in [3.05, 3.63) is 53.7 Å². The summed E-state index contributed by atoms with van der Waals surface area (Å²) in [6.07, 6.45) is 4.39. The minimum absolute atomic E-state index is 0.210. The number of nitrogens with zero attached hydrogens (tertiary/aromatic N) is 2. The second-order valence-corrected chi connectivity index (χ2v) is 4.13. The van der Waals surface area contributed by atoms with Gasteiger partial charge in [0, 0.05) is 13.1 Å². The van der Waals surface area contributed by atoms with Gasteiger partial charge in [0.25, 0.3) is 5.91 Å². The number of esters is 1. The Kier molecular flexibility index (Phi) is 4.10. The van der Waals surface area contributed by atoms with Crippen molar-refractivity contribution in [2.75, 3.05) is 14.2 Å². The molecule has 1 amide bonds. The van der Waals surface area contributed by atoms with Crippen molar-refractivity contribution in [1.29, 1.82) is 0 Å². The van der Waals surface area contributed by atoms with Gasteiger partial charge in [-0.25, -0.2) is 9.79 Å². The van der Waals surface area contributed by atoms with Crippen molar-refractivity contribution >= 4 is 23.8 Å². The summed E-state index contributed by atoms with van der Waals surface area (Å²) in [4.78, 5) is 28.7. The zero-order chi connectivity index (χ0) is 14.5. The lowest BCUT2D eigenvalue weighted by Crippen LogP contribution is -2.26. The first-order chi connectivity index (χ1) is 9.61. The van der Waals surface area contributed by atoms with Crippen LogP contribution in [0.1, 0.15) is 5.56 Å². The van der Waals surface area contributed by atoms with Crippen molar-refractivity contribution in [2.24, 2.45) is 4.99 Å². The van der Waals surface area contributed by atoms with E-state index in [9.17, 15) is 9.59 Å². The summed E-state index contributed by atoms with van der Waals surface area (Å²) in [5.41, 5.74) is 1.23. The lowest BCUT2D eigenvalue weighted by molar-refractivity contribution is -0.134. The monoisotopic (exact) mass is 270 g/mol. The van der Waals surface area contributed by atoms with Crippen LogP contribution in [0.4, 0.5) is 0 Å². The topological polar surface area (TPSA) is 59.0 Å². The van der Waals surface area contributed by atoms with Gasteiger partial charge in [-0.2, -0.15) is 0 Å². The molecule has 1 aliphatic rings. The van der Waals surface area contributed by atoms with Crippen LogP contribution in [0, 0.1) is 0 Å². The highest BCUT2D eigenvalue weighted by Gasteiger charge is 2.25. The zero-order valence-corrected chi connectivity index (χ0v) is 11.2. The van der Waals surface area contributed by atoms with E-state index >= 15 is 0 Å². The molecule has 0 radical (unpaired) electrons. The van der Waals surface area contributed by atoms with Gasteiger partial charge in [0.1, 0.15) is 11.5 Å². The molecule has 0 fully saturated rings. The first kappa shape index (κ1) is 13.7. The number of hydrogen-bond donors (Lipinski definition) is 0. The summed E-state index contributed by atoms with van der Waals surface area (Å²) in [6, 6.07) is 9.45. The Morgan fingerprint density at radius 2 is 2.00 bits per heavy atom. The van der Waals surface area contributed by atoms with Gasteiger partial charge in [-0.1, -0.05) is 30.3 Å². The number of aliphatic imine (C=N–C) groups is 1. The number of amides is 1. The maximum atomic E-state index is 12.0. The van der Waals surface area contributed by atoms with Crippen LogP contribution >= 0.6 is 0 Å². The van der Waals surface area contributed by atoms with Crippen molar-refractivity contribution in [3.8, 4) is 0 Å². The van der Waals surface area contributed by atoms with Crippen LogP contribution in [-0.2, 0) is 14.3 Å². The number of likely N-dealkylation sites (N-methyl/N-ethyl adjacent to an activating group) is 1. The van der Waals surface area contributed by atoms with Crippen molar-refractivity contribution in [2.45, 2.75) is 0 Å². The SMILES string of the molecule is COC(=O)/C=C/C1=NC(=C\c2ccccc2)/C(=O)N1C. The minimum atomic E-state index is -0.492. The quantitative estimate of drug-likeness (QED) is 0.619. The Hall–Kier alpha value is -2.69. The third kappa shape index (κ3) is 3.00. The molecule has 5 nitrogen and oxygen atoms in total. The highest BCUT2D eigenvalue weighted by molar-refractivity contribution is 6.18. The number of rotatable bonds is 3. The summed E-state index contributed by atoms with van der Waals surface area (Å²) in [6.45, 7) is 0. The summed E-state index contributed by atoms with van der Waals surface area (Å²) in [7, 11) is 2.90. The average Bonchev–Trinajstić information content (AvgIpc) is 2.74. The van der Waals surface area contributed by atoms with Gasteiger partial charge >= 0.3 is 5.97 Å². The van der Waals surface area contributed by atoms with E-state index in [4.69, 9.17) is 0 Å². The third-order valence-electron chi connectivity index (χ3n) is 2.78. The highest BCUT2D eigenvalue weighted by Crippen LogP contribution is 2.17. The summed E-state index contributed by atoms with van der Waals surface area (Å²) in [5.74, 6) is -0.296. The van der Waals surface area contributed by atoms with Gasteiger partial charge in [-0.05, 0) is 17.7 Å². The second-order valence-electron chi connectivity index (χ2n) is 4.13. The Labute approximate surface area is 116 Å². The van der Waals surface area contributed by atoms with Crippen LogP contribution in [0.2, 0.25) is 0 Å². The molecule has 1 aliphatic heterocycles. The first-order valence-corrected chi connectivity index (χ1v) is 6.01. The third-order valence-corrected chi connectivity index (χ3v) is 2.78. The Balaban J connectivity index is 2.26. The van der Waals surface area contributed by atoms with Crippen LogP contribution in [-0.4, -0.2) is 36.8 Å². The smallest absolute Gasteiger partial charge is 0.330 e. The predicted molar refractivity (Wildman–Crippen MR) is 75.8 cm³/mol. The number of carbonyl (C=O) groups is 2. The molecular weight excluding hydrogens is 256 g/mol. The Morgan fingerprint density at radius 3 is 2.65 bits per heavy atom. The van der Waals surface area contributed by atoms with E-state index in [1.807, 2.05) is 30.3 Å². The van der Waals surface area contributed by atoms with Gasteiger partial charge in [0.05, 0.1) is 7.11 Å². The van der Waals surface area contributed by atoms with Crippen LogP contribution in [0.15, 0.2) is 53.2 Å². The lowest BCUT2D eigenvalue weighted by Gasteiger charge is -2.07. The number of methoxy groups -OCH3 is 1. The molecule has 0 bridgehead atoms. The van der Waals surface area contributed by atoms with E-state index < -0.39 is 5.97 Å². The van der Waals surface area contributed by atoms with Crippen LogP contribution in [0.5, 0.6) is 0 Å². The molecule has 1 aromatic rings. The van der Waals surface area contributed by atoms with E-state index in [0.29, 0.717) is 11.5 Å². The number of carbonyl (C=O) groups excluding carboxylic acids is 2. The number of amidine groups is 1. The predicted octanol–water partition coefficient (Wildman–Crippen LogP) is 1.63. The van der Waals surface area contributed by atoms with Gasteiger partial charge < -0.3 is 4.74 Å². The minimum Gasteiger partial charge on any atom is -0.466 e. The maximum Gasteiger partial charge on any atom is 0.330 e. The molecule has 20 heavy (non-hydrogen) atoms. The summed E-state index contributed by atoms with van der Waals surface area (Å²) >= 11 is 0. The molecule has 0 spiro atoms. The molecule has 1 aromatic carbocycles. The highest BCUT2D eigenvalue weighted by atomic mass is 16.5. The second kappa shape index (κ2) is 5.97. The van der Waals surface area contributed by atoms with Gasteiger partial charge in [0.15, 0.2) is 0 Å². The molecule has 0 N–H and O–H groups in total. The van der Waals surface area contributed by atoms with Crippen molar-refractivity contribution in [1.82, 2.24) is 4.90 Å². The lowest BCUT2D eigenvalue weighted by atomic mass is 10.2. The molecule has 0 atom stereocenters. The Bertz CT molecular complexity index is 615. The Morgan fingerprint density at radius 1 is 1.30 bits per heavy atom. The standard InChI is InChI=1S/C15H14N2O3/c1-17-13(8-9-14(18)20-2)16-12(15(17)19)10-11-6-4-3-5-7-11/h3-10H,1-2H3/b9-8+,12-10-. The molecular formula is C15H14N2O3. The van der Waals surface area contributed by atoms with Crippen LogP contribution in [0.3, 0.4) is 0 Å². The molecule has 5 heteroatoms. The van der Waals surface area contributed by atoms with Crippen LogP contribution in [0.25, 0.3) is 6.08 Å². The van der Waals surface area contributed by atoms with E-state index in [1.165, 1.54) is 24.2 Å². The first-order valence-electron chi connectivity index (χ1n) is 6.01. The molecule has 0 aromatic heterocycles. The van der Waals surface area contributed by atoms with E-state index in [1.54, 1.807) is 13.1 Å². The molecule has 0 unspecified atom stereocenters. The average molecular weight is 270 g/mol. The molecule has 2 rings (SSSR count). The number of ether oxygens (including phenoxy) is 1. The fourth-order valence-electron chi connectivity index (χ4n) is 1.68. The van der Waals surface area contributed by atoms with E-state index in [0.717, 1.165) is 5.56 Å². The van der Waals surface area contributed by atoms with Crippen LogP contribution < -0.4 is 0 Å². The number of benzene rings is 1. The molecule has 0 saturated heterocycles. The largest absolute Gasteiger partial charge is 0.466 e. The number of hydrogen-bond acceptors (Lipinski definition) is 4. The van der Waals surface area contributed by atoms with Crippen molar-refractivity contribution < 1.29 is 14.3 Å². The zero-order valence-electron chi connectivity index (χ0n) is 11.2. The van der Waals surface area contributed by atoms with Gasteiger partial charge in [-0.15, -0.1) is 0 Å². The molecule has 0 aliphatic carbocycles. The normalized spacial score (nSPS) is 16.9. The molecule has 102 valence electrons. The van der Waals surface area contributed by atoms with E-state index in [2.05, 4.69) is 9.73 Å².